The maximum Gasteiger partial charge on any atom is 0.135 e. The smallest absolute Gasteiger partial charge is 0.135 e. The average Bonchev–Trinajstić information content (AvgIpc) is 2.43. The minimum Gasteiger partial charge on any atom is -0.256 e. The van der Waals surface area contributed by atoms with E-state index in [9.17, 15) is 4.39 Å². The summed E-state index contributed by atoms with van der Waals surface area (Å²) in [5.74, 6) is -1.63. The van der Waals surface area contributed by atoms with Crippen LogP contribution in [0.4, 0.5) is 4.39 Å². The van der Waals surface area contributed by atoms with Crippen LogP contribution in [0, 0.1) is 12.7 Å². The van der Waals surface area contributed by atoms with Crippen LogP contribution in [0.2, 0.25) is 19.6 Å². The lowest BCUT2D eigenvalue weighted by molar-refractivity contribution is 0.621. The zero-order valence-electron chi connectivity index (χ0n) is 17.2. The van der Waals surface area contributed by atoms with Gasteiger partial charge in [0.15, 0.2) is 0 Å². The Morgan fingerprint density at radius 2 is 2.00 bits per heavy atom. The van der Waals surface area contributed by atoms with Crippen molar-refractivity contribution in [2.45, 2.75) is 46.2 Å². The summed E-state index contributed by atoms with van der Waals surface area (Å²) in [5.41, 5.74) is 1.02. The lowest BCUT2D eigenvalue weighted by Gasteiger charge is -2.23. The number of rotatable bonds is 3. The van der Waals surface area contributed by atoms with E-state index in [1.54, 1.807) is 26.1 Å². The number of halogens is 1. The van der Waals surface area contributed by atoms with E-state index in [0.29, 0.717) is 5.69 Å². The first-order chi connectivity index (χ1) is 11.2. The van der Waals surface area contributed by atoms with Gasteiger partial charge in [0, 0.05) is 17.2 Å². The van der Waals surface area contributed by atoms with Gasteiger partial charge >= 0.3 is 0 Å². The number of benzene rings is 1. The number of hydrogen-bond acceptors (Lipinski definition) is 1. The molecule has 0 bridgehead atoms. The molecular weight excluding hydrogens is 277 g/mol. The summed E-state index contributed by atoms with van der Waals surface area (Å²) >= 11 is 0. The number of aryl methyl sites for hydroxylation is 1. The second-order valence-corrected chi connectivity index (χ2v) is 11.6. The van der Waals surface area contributed by atoms with Crippen LogP contribution in [0.1, 0.15) is 36.4 Å². The number of aromatic nitrogens is 1. The molecule has 1 nitrogen and oxygen atoms in total. The molecule has 112 valence electrons. The zero-order chi connectivity index (χ0) is 19.2. The normalized spacial score (nSPS) is 15.9. The summed E-state index contributed by atoms with van der Waals surface area (Å²) in [6.45, 7) is 7.60. The molecule has 0 radical (unpaired) electrons. The minimum absolute atomic E-state index is 0.154. The molecule has 0 unspecified atom stereocenters. The SMILES string of the molecule is [2H]C([2H])([2H])c1cccc(-c2cc(C([2H])(C)C)c([Si](C)(C)C)cn2)c1F. The van der Waals surface area contributed by atoms with Crippen LogP contribution in [0.5, 0.6) is 0 Å². The first-order valence-corrected chi connectivity index (χ1v) is 10.5. The monoisotopic (exact) mass is 305 g/mol. The van der Waals surface area contributed by atoms with Crippen molar-refractivity contribution >= 4 is 13.3 Å². The van der Waals surface area contributed by atoms with Crippen molar-refractivity contribution in [3.8, 4) is 11.3 Å². The molecule has 3 heteroatoms. The van der Waals surface area contributed by atoms with Crippen LogP contribution >= 0.6 is 0 Å². The van der Waals surface area contributed by atoms with Crippen molar-refractivity contribution in [2.75, 3.05) is 0 Å². The van der Waals surface area contributed by atoms with Gasteiger partial charge in [-0.2, -0.15) is 0 Å². The molecule has 0 saturated carbocycles. The molecule has 1 aromatic carbocycles. The fourth-order valence-electron chi connectivity index (χ4n) is 2.34. The van der Waals surface area contributed by atoms with Gasteiger partial charge in [-0.15, -0.1) is 0 Å². The Hall–Kier alpha value is -1.48. The second-order valence-electron chi connectivity index (χ2n) is 6.53. The van der Waals surface area contributed by atoms with Crippen molar-refractivity contribution in [3.63, 3.8) is 0 Å². The highest BCUT2D eigenvalue weighted by molar-refractivity contribution is 6.89. The molecule has 0 aliphatic carbocycles. The van der Waals surface area contributed by atoms with Crippen LogP contribution in [0.15, 0.2) is 30.5 Å². The second kappa shape index (κ2) is 5.72. The van der Waals surface area contributed by atoms with E-state index >= 15 is 0 Å². The molecular formula is C18H24FNSi. The van der Waals surface area contributed by atoms with E-state index in [2.05, 4.69) is 24.6 Å². The van der Waals surface area contributed by atoms with Crippen LogP contribution in [-0.4, -0.2) is 13.1 Å². The Bertz CT molecular complexity index is 789. The summed E-state index contributed by atoms with van der Waals surface area (Å²) in [4.78, 5) is 4.40. The van der Waals surface area contributed by atoms with Gasteiger partial charge in [-0.05, 0) is 41.2 Å². The number of pyridine rings is 1. The Kier molecular flexibility index (Phi) is 3.03. The van der Waals surface area contributed by atoms with E-state index < -0.39 is 26.6 Å². The molecule has 1 aromatic heterocycles. The third-order valence-electron chi connectivity index (χ3n) is 3.53. The van der Waals surface area contributed by atoms with Crippen molar-refractivity contribution < 1.29 is 9.87 Å². The third kappa shape index (κ3) is 3.23. The highest BCUT2D eigenvalue weighted by Crippen LogP contribution is 2.26. The summed E-state index contributed by atoms with van der Waals surface area (Å²) < 4.78 is 45.7. The fourth-order valence-corrected chi connectivity index (χ4v) is 3.93. The highest BCUT2D eigenvalue weighted by Gasteiger charge is 2.23. The van der Waals surface area contributed by atoms with E-state index in [-0.39, 0.29) is 11.1 Å². The molecule has 2 aromatic rings. The van der Waals surface area contributed by atoms with Crippen molar-refractivity contribution in [1.29, 1.82) is 0 Å². The molecule has 0 atom stereocenters. The predicted molar refractivity (Wildman–Crippen MR) is 91.4 cm³/mol. The van der Waals surface area contributed by atoms with E-state index in [4.69, 9.17) is 5.48 Å². The molecule has 1 heterocycles. The first-order valence-electron chi connectivity index (χ1n) is 9.03. The lowest BCUT2D eigenvalue weighted by atomic mass is 10.0. The minimum atomic E-state index is -2.52. The van der Waals surface area contributed by atoms with Gasteiger partial charge in [0.1, 0.15) is 5.82 Å². The quantitative estimate of drug-likeness (QED) is 0.738. The fraction of sp³-hybridized carbons (Fsp3) is 0.389. The maximum absolute atomic E-state index is 14.8. The third-order valence-corrected chi connectivity index (χ3v) is 5.54. The molecule has 0 aliphatic heterocycles. The molecule has 21 heavy (non-hydrogen) atoms. The van der Waals surface area contributed by atoms with Gasteiger partial charge in [-0.1, -0.05) is 45.6 Å². The lowest BCUT2D eigenvalue weighted by Crippen LogP contribution is -2.40. The van der Waals surface area contributed by atoms with Crippen LogP contribution in [0.3, 0.4) is 0 Å². The van der Waals surface area contributed by atoms with Crippen LogP contribution in [-0.2, 0) is 0 Å². The van der Waals surface area contributed by atoms with Gasteiger partial charge in [0.05, 0.1) is 13.8 Å². The average molecular weight is 306 g/mol. The maximum atomic E-state index is 14.8. The van der Waals surface area contributed by atoms with Crippen molar-refractivity contribution in [1.82, 2.24) is 4.98 Å². The first kappa shape index (κ1) is 11.1. The molecule has 0 saturated heterocycles. The summed E-state index contributed by atoms with van der Waals surface area (Å²) in [6, 6.07) is 6.07. The molecule has 0 fully saturated rings. The summed E-state index contributed by atoms with van der Waals surface area (Å²) in [7, 11) is -1.73. The van der Waals surface area contributed by atoms with Gasteiger partial charge in [-0.3, -0.25) is 4.98 Å². The standard InChI is InChI=1S/C18H24FNSi/c1-12(2)15-10-16(20-11-17(15)21(4,5)6)14-9-7-8-13(3)18(14)19/h7-12H,1-6H3/i3D3,12D. The molecule has 0 N–H and O–H groups in total. The molecule has 2 rings (SSSR count). The molecule has 0 spiro atoms. The molecule has 0 amide bonds. The van der Waals surface area contributed by atoms with Gasteiger partial charge in [0.25, 0.3) is 0 Å². The van der Waals surface area contributed by atoms with E-state index in [1.807, 2.05) is 0 Å². The predicted octanol–water partition coefficient (Wildman–Crippen LogP) is 4.86. The zero-order valence-corrected chi connectivity index (χ0v) is 14.2. The Balaban J connectivity index is 2.71. The summed E-state index contributed by atoms with van der Waals surface area (Å²) in [6.07, 6.45) is 1.73. The van der Waals surface area contributed by atoms with Gasteiger partial charge < -0.3 is 0 Å². The Morgan fingerprint density at radius 3 is 2.57 bits per heavy atom. The van der Waals surface area contributed by atoms with E-state index in [1.165, 1.54) is 18.2 Å². The van der Waals surface area contributed by atoms with Crippen LogP contribution < -0.4 is 5.19 Å². The van der Waals surface area contributed by atoms with Crippen molar-refractivity contribution in [2.24, 2.45) is 0 Å². The van der Waals surface area contributed by atoms with Gasteiger partial charge in [-0.25, -0.2) is 4.39 Å². The Morgan fingerprint density at radius 1 is 1.29 bits per heavy atom. The van der Waals surface area contributed by atoms with Crippen LogP contribution in [0.25, 0.3) is 11.3 Å². The molecule has 0 aliphatic rings. The van der Waals surface area contributed by atoms with Gasteiger partial charge in [0.2, 0.25) is 0 Å². The number of nitrogens with zero attached hydrogens (tertiary/aromatic N) is 1. The number of hydrogen-bond donors (Lipinski definition) is 0. The van der Waals surface area contributed by atoms with E-state index in [0.717, 1.165) is 10.8 Å². The highest BCUT2D eigenvalue weighted by atomic mass is 28.3. The largest absolute Gasteiger partial charge is 0.256 e. The Labute approximate surface area is 133 Å². The summed E-state index contributed by atoms with van der Waals surface area (Å²) in [5, 5.41) is 1.06. The van der Waals surface area contributed by atoms with Crippen molar-refractivity contribution in [3.05, 3.63) is 47.4 Å². The topological polar surface area (TPSA) is 12.9 Å².